The molecule has 0 aliphatic carbocycles. The molecule has 0 fully saturated rings. The van der Waals surface area contributed by atoms with Gasteiger partial charge < -0.3 is 10.2 Å². The highest BCUT2D eigenvalue weighted by atomic mass is 32.1. The molecule has 2 aromatic rings. The molecule has 2 aromatic heterocycles. The summed E-state index contributed by atoms with van der Waals surface area (Å²) in [6, 6.07) is 4.70. The molecular formula is C15H22N4S. The first kappa shape index (κ1) is 14.8. The zero-order valence-electron chi connectivity index (χ0n) is 12.6. The van der Waals surface area contributed by atoms with Crippen molar-refractivity contribution in [2.75, 3.05) is 24.3 Å². The predicted octanol–water partition coefficient (Wildman–Crippen LogP) is 3.21. The monoisotopic (exact) mass is 290 g/mol. The summed E-state index contributed by atoms with van der Waals surface area (Å²) in [5, 5.41) is 5.28. The van der Waals surface area contributed by atoms with Gasteiger partial charge in [0.15, 0.2) is 0 Å². The van der Waals surface area contributed by atoms with E-state index < -0.39 is 0 Å². The van der Waals surface area contributed by atoms with Crippen LogP contribution in [0.5, 0.6) is 0 Å². The van der Waals surface area contributed by atoms with Crippen LogP contribution in [0.3, 0.4) is 0 Å². The molecule has 0 radical (unpaired) electrons. The molecule has 1 atom stereocenters. The van der Waals surface area contributed by atoms with Gasteiger partial charge in [-0.15, -0.1) is 11.3 Å². The van der Waals surface area contributed by atoms with E-state index >= 15 is 0 Å². The third-order valence-electron chi connectivity index (χ3n) is 3.58. The van der Waals surface area contributed by atoms with Crippen LogP contribution in [0.4, 0.5) is 11.6 Å². The molecule has 0 bridgehead atoms. The second-order valence-corrected chi connectivity index (χ2v) is 5.90. The lowest BCUT2D eigenvalue weighted by atomic mass is 10.1. The first-order valence-electron chi connectivity index (χ1n) is 6.94. The molecule has 0 aliphatic rings. The topological polar surface area (TPSA) is 41.1 Å². The lowest BCUT2D eigenvalue weighted by Gasteiger charge is -2.28. The Kier molecular flexibility index (Phi) is 4.95. The van der Waals surface area contributed by atoms with Gasteiger partial charge in [-0.1, -0.05) is 13.0 Å². The fourth-order valence-corrected chi connectivity index (χ4v) is 3.14. The Labute approximate surface area is 124 Å². The summed E-state index contributed by atoms with van der Waals surface area (Å²) in [6.07, 6.45) is 3.59. The van der Waals surface area contributed by atoms with Crippen molar-refractivity contribution in [3.63, 3.8) is 0 Å². The van der Waals surface area contributed by atoms with Gasteiger partial charge >= 0.3 is 0 Å². The highest BCUT2D eigenvalue weighted by molar-refractivity contribution is 7.09. The summed E-state index contributed by atoms with van der Waals surface area (Å²) in [6.45, 7) is 4.38. The molecule has 0 saturated heterocycles. The molecule has 0 amide bonds. The maximum Gasteiger partial charge on any atom is 0.137 e. The maximum atomic E-state index is 4.49. The molecule has 108 valence electrons. The number of nitrogens with zero attached hydrogens (tertiary/aromatic N) is 3. The van der Waals surface area contributed by atoms with Crippen molar-refractivity contribution in [2.24, 2.45) is 0 Å². The Morgan fingerprint density at radius 1 is 1.40 bits per heavy atom. The molecule has 1 unspecified atom stereocenters. The number of nitrogens with one attached hydrogen (secondary N) is 1. The Morgan fingerprint density at radius 2 is 2.20 bits per heavy atom. The standard InChI is InChI=1S/C15H22N4S/c1-5-13-14(16-3)17-10-18-15(13)19(4)11(2)9-12-7-6-8-20-12/h6-8,10-11H,5,9H2,1-4H3,(H,16,17,18). The van der Waals surface area contributed by atoms with Crippen LogP contribution in [0, 0.1) is 0 Å². The highest BCUT2D eigenvalue weighted by Crippen LogP contribution is 2.25. The van der Waals surface area contributed by atoms with Gasteiger partial charge in [0.2, 0.25) is 0 Å². The lowest BCUT2D eigenvalue weighted by Crippen LogP contribution is -2.32. The first-order valence-corrected chi connectivity index (χ1v) is 7.82. The van der Waals surface area contributed by atoms with E-state index in [4.69, 9.17) is 0 Å². The number of rotatable bonds is 6. The average Bonchev–Trinajstić information content (AvgIpc) is 2.98. The van der Waals surface area contributed by atoms with Crippen LogP contribution in [-0.4, -0.2) is 30.1 Å². The highest BCUT2D eigenvalue weighted by Gasteiger charge is 2.17. The van der Waals surface area contributed by atoms with E-state index in [9.17, 15) is 0 Å². The van der Waals surface area contributed by atoms with Crippen molar-refractivity contribution in [3.05, 3.63) is 34.3 Å². The minimum atomic E-state index is 0.401. The van der Waals surface area contributed by atoms with Gasteiger partial charge in [-0.2, -0.15) is 0 Å². The van der Waals surface area contributed by atoms with Gasteiger partial charge in [-0.3, -0.25) is 0 Å². The van der Waals surface area contributed by atoms with Gasteiger partial charge in [-0.05, 0) is 24.8 Å². The SMILES string of the molecule is CCc1c(NC)ncnc1N(C)C(C)Cc1cccs1. The summed E-state index contributed by atoms with van der Waals surface area (Å²) in [5.41, 5.74) is 1.18. The van der Waals surface area contributed by atoms with E-state index in [1.165, 1.54) is 10.4 Å². The molecular weight excluding hydrogens is 268 g/mol. The Morgan fingerprint density at radius 3 is 2.80 bits per heavy atom. The van der Waals surface area contributed by atoms with Gasteiger partial charge in [0.25, 0.3) is 0 Å². The van der Waals surface area contributed by atoms with Crippen LogP contribution in [0.25, 0.3) is 0 Å². The van der Waals surface area contributed by atoms with E-state index in [0.29, 0.717) is 6.04 Å². The molecule has 2 heterocycles. The van der Waals surface area contributed by atoms with Gasteiger partial charge in [0, 0.05) is 37.0 Å². The molecule has 20 heavy (non-hydrogen) atoms. The van der Waals surface area contributed by atoms with Gasteiger partial charge in [0.1, 0.15) is 18.0 Å². The summed E-state index contributed by atoms with van der Waals surface area (Å²) < 4.78 is 0. The van der Waals surface area contributed by atoms with E-state index in [-0.39, 0.29) is 0 Å². The zero-order chi connectivity index (χ0) is 14.5. The fourth-order valence-electron chi connectivity index (χ4n) is 2.31. The van der Waals surface area contributed by atoms with Crippen molar-refractivity contribution < 1.29 is 0 Å². The Balaban J connectivity index is 2.21. The van der Waals surface area contributed by atoms with Gasteiger partial charge in [0.05, 0.1) is 0 Å². The van der Waals surface area contributed by atoms with Crippen LogP contribution in [0.1, 0.15) is 24.3 Å². The average molecular weight is 290 g/mol. The Hall–Kier alpha value is -1.62. The van der Waals surface area contributed by atoms with E-state index in [1.807, 2.05) is 18.4 Å². The van der Waals surface area contributed by atoms with E-state index in [2.05, 4.69) is 58.6 Å². The van der Waals surface area contributed by atoms with Crippen molar-refractivity contribution >= 4 is 23.0 Å². The Bertz CT molecular complexity index is 539. The third-order valence-corrected chi connectivity index (χ3v) is 4.48. The summed E-state index contributed by atoms with van der Waals surface area (Å²) in [5.74, 6) is 1.95. The number of aromatic nitrogens is 2. The van der Waals surface area contributed by atoms with Crippen molar-refractivity contribution in [2.45, 2.75) is 32.7 Å². The quantitative estimate of drug-likeness (QED) is 0.887. The van der Waals surface area contributed by atoms with Crippen molar-refractivity contribution in [1.82, 2.24) is 9.97 Å². The minimum absolute atomic E-state index is 0.401. The second kappa shape index (κ2) is 6.70. The van der Waals surface area contributed by atoms with Crippen LogP contribution < -0.4 is 10.2 Å². The number of hydrogen-bond donors (Lipinski definition) is 1. The third kappa shape index (κ3) is 3.10. The lowest BCUT2D eigenvalue weighted by molar-refractivity contribution is 0.675. The van der Waals surface area contributed by atoms with Gasteiger partial charge in [-0.25, -0.2) is 9.97 Å². The largest absolute Gasteiger partial charge is 0.373 e. The molecule has 0 aromatic carbocycles. The minimum Gasteiger partial charge on any atom is -0.373 e. The van der Waals surface area contributed by atoms with E-state index in [0.717, 1.165) is 24.5 Å². The number of hydrogen-bond acceptors (Lipinski definition) is 5. The van der Waals surface area contributed by atoms with Crippen LogP contribution in [0.15, 0.2) is 23.8 Å². The van der Waals surface area contributed by atoms with E-state index in [1.54, 1.807) is 6.33 Å². The first-order chi connectivity index (χ1) is 9.67. The molecule has 4 nitrogen and oxygen atoms in total. The van der Waals surface area contributed by atoms with Crippen molar-refractivity contribution in [1.29, 1.82) is 0 Å². The van der Waals surface area contributed by atoms with Crippen LogP contribution in [0.2, 0.25) is 0 Å². The predicted molar refractivity (Wildman–Crippen MR) is 86.8 cm³/mol. The van der Waals surface area contributed by atoms with Crippen molar-refractivity contribution in [3.8, 4) is 0 Å². The molecule has 0 aliphatic heterocycles. The number of thiophene rings is 1. The summed E-state index contributed by atoms with van der Waals surface area (Å²) in [4.78, 5) is 12.4. The second-order valence-electron chi connectivity index (χ2n) is 4.87. The van der Waals surface area contributed by atoms with Crippen LogP contribution >= 0.6 is 11.3 Å². The zero-order valence-corrected chi connectivity index (χ0v) is 13.4. The maximum absolute atomic E-state index is 4.49. The fraction of sp³-hybridized carbons (Fsp3) is 0.467. The van der Waals surface area contributed by atoms with Crippen LogP contribution in [-0.2, 0) is 12.8 Å². The smallest absolute Gasteiger partial charge is 0.137 e. The molecule has 0 spiro atoms. The molecule has 0 saturated carbocycles. The molecule has 5 heteroatoms. The summed E-state index contributed by atoms with van der Waals surface area (Å²) in [7, 11) is 4.01. The summed E-state index contributed by atoms with van der Waals surface area (Å²) >= 11 is 1.81. The molecule has 2 rings (SSSR count). The molecule has 1 N–H and O–H groups in total. The number of anilines is 2. The number of likely N-dealkylation sites (N-methyl/N-ethyl adjacent to an activating group) is 1. The normalized spacial score (nSPS) is 12.2.